The molecule has 1 N–H and O–H groups in total. The van der Waals surface area contributed by atoms with Crippen LogP contribution in [0, 0.1) is 13.8 Å². The number of aromatic nitrogens is 3. The Morgan fingerprint density at radius 3 is 2.91 bits per heavy atom. The van der Waals surface area contributed by atoms with Gasteiger partial charge < -0.3 is 5.32 Å². The maximum Gasteiger partial charge on any atom is 0.235 e. The van der Waals surface area contributed by atoms with Gasteiger partial charge in [-0.25, -0.2) is 9.97 Å². The van der Waals surface area contributed by atoms with E-state index in [1.807, 2.05) is 16.7 Å². The molecule has 0 unspecified atom stereocenters. The third-order valence-electron chi connectivity index (χ3n) is 3.84. The van der Waals surface area contributed by atoms with Gasteiger partial charge in [-0.15, -0.1) is 0 Å². The molecule has 0 saturated carbocycles. The maximum absolute atomic E-state index is 4.70. The molecule has 3 heterocycles. The highest BCUT2D eigenvalue weighted by atomic mass is 32.1. The number of aryl methyl sites for hydroxylation is 2. The van der Waals surface area contributed by atoms with Crippen LogP contribution >= 0.6 is 11.3 Å². The predicted octanol–water partition coefficient (Wildman–Crippen LogP) is 4.82. The minimum absolute atomic E-state index is 0.696. The van der Waals surface area contributed by atoms with Crippen LogP contribution in [0.3, 0.4) is 0 Å². The Hall–Kier alpha value is -2.66. The largest absolute Gasteiger partial charge is 0.339 e. The number of thiophene rings is 1. The van der Waals surface area contributed by atoms with Crippen LogP contribution in [0.2, 0.25) is 0 Å². The van der Waals surface area contributed by atoms with Gasteiger partial charge in [0.05, 0.1) is 0 Å². The zero-order valence-corrected chi connectivity index (χ0v) is 13.8. The summed E-state index contributed by atoms with van der Waals surface area (Å²) in [5, 5.41) is 7.73. The molecule has 4 rings (SSSR count). The molecule has 4 aromatic rings. The molecular weight excluding hydrogens is 304 g/mol. The molecule has 0 bridgehead atoms. The van der Waals surface area contributed by atoms with Gasteiger partial charge in [-0.2, -0.15) is 11.3 Å². The second-order valence-electron chi connectivity index (χ2n) is 5.55. The van der Waals surface area contributed by atoms with Crippen molar-refractivity contribution in [3.05, 3.63) is 64.6 Å². The lowest BCUT2D eigenvalue weighted by atomic mass is 10.1. The van der Waals surface area contributed by atoms with Gasteiger partial charge >= 0.3 is 0 Å². The van der Waals surface area contributed by atoms with Gasteiger partial charge in [-0.05, 0) is 48.6 Å². The molecule has 0 amide bonds. The number of nitrogens with zero attached hydrogens (tertiary/aromatic N) is 3. The molecule has 0 aliphatic carbocycles. The van der Waals surface area contributed by atoms with Crippen molar-refractivity contribution in [1.29, 1.82) is 0 Å². The molecule has 4 nitrogen and oxygen atoms in total. The molecule has 0 aliphatic heterocycles. The van der Waals surface area contributed by atoms with Gasteiger partial charge in [0.25, 0.3) is 0 Å². The van der Waals surface area contributed by atoms with Crippen LogP contribution in [0.5, 0.6) is 0 Å². The highest BCUT2D eigenvalue weighted by Crippen LogP contribution is 2.32. The Morgan fingerprint density at radius 2 is 2.09 bits per heavy atom. The van der Waals surface area contributed by atoms with E-state index in [9.17, 15) is 0 Å². The van der Waals surface area contributed by atoms with Crippen molar-refractivity contribution in [2.75, 3.05) is 5.32 Å². The van der Waals surface area contributed by atoms with Crippen LogP contribution < -0.4 is 5.32 Å². The van der Waals surface area contributed by atoms with Gasteiger partial charge in [-0.1, -0.05) is 12.1 Å². The van der Waals surface area contributed by atoms with E-state index < -0.39 is 0 Å². The van der Waals surface area contributed by atoms with Crippen molar-refractivity contribution >= 4 is 28.6 Å². The van der Waals surface area contributed by atoms with E-state index in [1.54, 1.807) is 17.5 Å². The third kappa shape index (κ3) is 2.49. The average molecular weight is 320 g/mol. The summed E-state index contributed by atoms with van der Waals surface area (Å²) < 4.78 is 1.99. The summed E-state index contributed by atoms with van der Waals surface area (Å²) in [5.41, 5.74) is 5.54. The number of imidazole rings is 1. The second kappa shape index (κ2) is 5.52. The zero-order chi connectivity index (χ0) is 15.8. The standard InChI is InChI=1S/C18H16N4S/c1-12-4-5-13(2)15(10-12)20-17-16(14-6-9-23-11-14)21-18-19-7-3-8-22(17)18/h3-11,20H,1-2H3. The molecule has 0 aliphatic rings. The van der Waals surface area contributed by atoms with E-state index in [-0.39, 0.29) is 0 Å². The molecular formula is C18H16N4S. The van der Waals surface area contributed by atoms with Crippen LogP contribution in [0.25, 0.3) is 17.0 Å². The van der Waals surface area contributed by atoms with Crippen molar-refractivity contribution in [2.24, 2.45) is 0 Å². The number of rotatable bonds is 3. The van der Waals surface area contributed by atoms with E-state index in [4.69, 9.17) is 4.98 Å². The fourth-order valence-electron chi connectivity index (χ4n) is 2.61. The molecule has 5 heteroatoms. The van der Waals surface area contributed by atoms with Crippen molar-refractivity contribution in [1.82, 2.24) is 14.4 Å². The zero-order valence-electron chi connectivity index (χ0n) is 12.9. The molecule has 0 atom stereocenters. The molecule has 0 saturated heterocycles. The summed E-state index contributed by atoms with van der Waals surface area (Å²) >= 11 is 1.67. The molecule has 1 aromatic carbocycles. The normalized spacial score (nSPS) is 11.0. The lowest BCUT2D eigenvalue weighted by Crippen LogP contribution is -1.99. The molecule has 0 radical (unpaired) electrons. The van der Waals surface area contributed by atoms with E-state index in [0.717, 1.165) is 22.8 Å². The summed E-state index contributed by atoms with van der Waals surface area (Å²) in [4.78, 5) is 9.07. The number of anilines is 2. The van der Waals surface area contributed by atoms with Crippen molar-refractivity contribution in [3.8, 4) is 11.3 Å². The first kappa shape index (κ1) is 14.0. The Bertz CT molecular complexity index is 970. The van der Waals surface area contributed by atoms with E-state index in [0.29, 0.717) is 5.78 Å². The predicted molar refractivity (Wildman–Crippen MR) is 95.5 cm³/mol. The SMILES string of the molecule is Cc1ccc(C)c(Nc2c(-c3ccsc3)nc3ncccn23)c1. The molecule has 3 aromatic heterocycles. The fraction of sp³-hybridized carbons (Fsp3) is 0.111. The first-order valence-electron chi connectivity index (χ1n) is 7.42. The number of fused-ring (bicyclic) bond motifs is 1. The van der Waals surface area contributed by atoms with Crippen LogP contribution in [-0.4, -0.2) is 14.4 Å². The summed E-state index contributed by atoms with van der Waals surface area (Å²) in [6.07, 6.45) is 3.75. The Labute approximate surface area is 138 Å². The van der Waals surface area contributed by atoms with Crippen molar-refractivity contribution in [2.45, 2.75) is 13.8 Å². The molecule has 114 valence electrons. The number of hydrogen-bond acceptors (Lipinski definition) is 4. The summed E-state index contributed by atoms with van der Waals surface area (Å²) in [6.45, 7) is 4.20. The highest BCUT2D eigenvalue weighted by molar-refractivity contribution is 7.08. The Balaban J connectivity index is 1.91. The number of benzene rings is 1. The fourth-order valence-corrected chi connectivity index (χ4v) is 3.25. The third-order valence-corrected chi connectivity index (χ3v) is 4.53. The monoisotopic (exact) mass is 320 g/mol. The van der Waals surface area contributed by atoms with Crippen molar-refractivity contribution in [3.63, 3.8) is 0 Å². The Kier molecular flexibility index (Phi) is 3.35. The first-order valence-corrected chi connectivity index (χ1v) is 8.36. The molecule has 23 heavy (non-hydrogen) atoms. The van der Waals surface area contributed by atoms with E-state index in [2.05, 4.69) is 59.2 Å². The Morgan fingerprint density at radius 1 is 1.17 bits per heavy atom. The molecule has 0 spiro atoms. The lowest BCUT2D eigenvalue weighted by molar-refractivity contribution is 1.11. The maximum atomic E-state index is 4.70. The van der Waals surface area contributed by atoms with Crippen LogP contribution in [0.4, 0.5) is 11.5 Å². The van der Waals surface area contributed by atoms with Crippen LogP contribution in [0.1, 0.15) is 11.1 Å². The molecule has 0 fully saturated rings. The van der Waals surface area contributed by atoms with Crippen LogP contribution in [0.15, 0.2) is 53.5 Å². The summed E-state index contributed by atoms with van der Waals surface area (Å²) in [7, 11) is 0. The summed E-state index contributed by atoms with van der Waals surface area (Å²) in [5.74, 6) is 1.64. The summed E-state index contributed by atoms with van der Waals surface area (Å²) in [6, 6.07) is 10.4. The smallest absolute Gasteiger partial charge is 0.235 e. The quantitative estimate of drug-likeness (QED) is 0.588. The van der Waals surface area contributed by atoms with Gasteiger partial charge in [0.2, 0.25) is 5.78 Å². The van der Waals surface area contributed by atoms with Gasteiger partial charge in [0.15, 0.2) is 0 Å². The van der Waals surface area contributed by atoms with Gasteiger partial charge in [0, 0.05) is 29.0 Å². The minimum Gasteiger partial charge on any atom is -0.339 e. The van der Waals surface area contributed by atoms with Gasteiger partial charge in [-0.3, -0.25) is 4.40 Å². The number of hydrogen-bond donors (Lipinski definition) is 1. The highest BCUT2D eigenvalue weighted by Gasteiger charge is 2.15. The van der Waals surface area contributed by atoms with E-state index >= 15 is 0 Å². The minimum atomic E-state index is 0.696. The van der Waals surface area contributed by atoms with E-state index in [1.165, 1.54) is 11.1 Å². The lowest BCUT2D eigenvalue weighted by Gasteiger charge is -2.11. The van der Waals surface area contributed by atoms with Gasteiger partial charge in [0.1, 0.15) is 11.5 Å². The van der Waals surface area contributed by atoms with Crippen LogP contribution in [-0.2, 0) is 0 Å². The number of nitrogens with one attached hydrogen (secondary N) is 1. The second-order valence-corrected chi connectivity index (χ2v) is 6.33. The average Bonchev–Trinajstić information content (AvgIpc) is 3.19. The van der Waals surface area contributed by atoms with Crippen molar-refractivity contribution < 1.29 is 0 Å². The first-order chi connectivity index (χ1) is 11.2. The topological polar surface area (TPSA) is 42.2 Å².